The molecule has 6 nitrogen and oxygen atoms in total. The summed E-state index contributed by atoms with van der Waals surface area (Å²) in [5, 5.41) is 4.91. The van der Waals surface area contributed by atoms with Crippen LogP contribution < -0.4 is 5.32 Å². The molecular formula is C17H8ClF3N2O4. The minimum absolute atomic E-state index is 0.119. The lowest BCUT2D eigenvalue weighted by Gasteiger charge is -2.20. The first kappa shape index (κ1) is 18.6. The van der Waals surface area contributed by atoms with Crippen LogP contribution in [0.15, 0.2) is 47.6 Å². The summed E-state index contributed by atoms with van der Waals surface area (Å²) in [5.74, 6) is -3.36. The molecule has 0 bridgehead atoms. The summed E-state index contributed by atoms with van der Waals surface area (Å²) >= 11 is 5.87. The molecule has 1 amide bonds. The van der Waals surface area contributed by atoms with Crippen LogP contribution in [0.2, 0.25) is 5.02 Å². The first-order valence-electron chi connectivity index (χ1n) is 7.29. The number of ketones is 1. The standard InChI is InChI=1S/C17H8ClF3N2O4/c18-10-6-9(17(19,20)21)7-11-12(10)13(14(24)15(25)22-11)23-27-16(26)8-4-2-1-3-5-8/h1-7H,(H,22,25). The summed E-state index contributed by atoms with van der Waals surface area (Å²) in [6.07, 6.45) is -4.72. The zero-order valence-electron chi connectivity index (χ0n) is 13.1. The van der Waals surface area contributed by atoms with Crippen LogP contribution >= 0.6 is 11.6 Å². The fraction of sp³-hybridized carbons (Fsp3) is 0.0588. The second kappa shape index (κ2) is 6.84. The number of hydrogen-bond acceptors (Lipinski definition) is 5. The van der Waals surface area contributed by atoms with Crippen molar-refractivity contribution in [3.8, 4) is 0 Å². The first-order chi connectivity index (χ1) is 12.7. The summed E-state index contributed by atoms with van der Waals surface area (Å²) < 4.78 is 38.7. The van der Waals surface area contributed by atoms with Crippen LogP contribution in [0.1, 0.15) is 21.5 Å². The van der Waals surface area contributed by atoms with Crippen molar-refractivity contribution in [2.75, 3.05) is 5.32 Å². The fourth-order valence-corrected chi connectivity index (χ4v) is 2.62. The normalized spacial score (nSPS) is 15.3. The Balaban J connectivity index is 2.03. The van der Waals surface area contributed by atoms with Gasteiger partial charge >= 0.3 is 12.1 Å². The number of oxime groups is 1. The maximum absolute atomic E-state index is 12.9. The van der Waals surface area contributed by atoms with E-state index in [2.05, 4.69) is 9.99 Å². The Morgan fingerprint density at radius 2 is 1.78 bits per heavy atom. The molecule has 1 N–H and O–H groups in total. The predicted molar refractivity (Wildman–Crippen MR) is 88.5 cm³/mol. The van der Waals surface area contributed by atoms with Gasteiger partial charge in [-0.1, -0.05) is 35.0 Å². The van der Waals surface area contributed by atoms with E-state index >= 15 is 0 Å². The average molecular weight is 397 g/mol. The molecule has 2 aromatic carbocycles. The molecule has 0 saturated heterocycles. The molecule has 0 atom stereocenters. The van der Waals surface area contributed by atoms with Gasteiger partial charge in [0.2, 0.25) is 0 Å². The van der Waals surface area contributed by atoms with E-state index in [1.807, 2.05) is 5.32 Å². The molecule has 0 aliphatic carbocycles. The van der Waals surface area contributed by atoms with Crippen molar-refractivity contribution in [2.45, 2.75) is 6.18 Å². The summed E-state index contributed by atoms with van der Waals surface area (Å²) in [4.78, 5) is 40.4. The van der Waals surface area contributed by atoms with Crippen molar-refractivity contribution in [3.63, 3.8) is 0 Å². The van der Waals surface area contributed by atoms with E-state index in [0.717, 1.165) is 0 Å². The first-order valence-corrected chi connectivity index (χ1v) is 7.67. The number of hydrogen-bond donors (Lipinski definition) is 1. The monoisotopic (exact) mass is 396 g/mol. The molecule has 2 aromatic rings. The smallest absolute Gasteiger partial charge is 0.318 e. The van der Waals surface area contributed by atoms with Gasteiger partial charge < -0.3 is 10.2 Å². The number of nitrogens with zero attached hydrogens (tertiary/aromatic N) is 1. The van der Waals surface area contributed by atoms with Crippen molar-refractivity contribution in [1.82, 2.24) is 0 Å². The number of nitrogens with one attached hydrogen (secondary N) is 1. The van der Waals surface area contributed by atoms with Gasteiger partial charge in [-0.05, 0) is 24.3 Å². The number of Topliss-reactive ketones (excluding diaryl/α,β-unsaturated/α-hetero) is 1. The Kier molecular flexibility index (Phi) is 4.71. The van der Waals surface area contributed by atoms with E-state index < -0.39 is 40.1 Å². The Labute approximate surface area is 154 Å². The minimum Gasteiger partial charge on any atom is -0.318 e. The second-order valence-corrected chi connectivity index (χ2v) is 5.75. The van der Waals surface area contributed by atoms with Gasteiger partial charge in [0, 0.05) is 0 Å². The van der Waals surface area contributed by atoms with Gasteiger partial charge in [0.05, 0.1) is 27.4 Å². The minimum atomic E-state index is -4.72. The molecular weight excluding hydrogens is 389 g/mol. The van der Waals surface area contributed by atoms with Crippen molar-refractivity contribution < 1.29 is 32.4 Å². The molecule has 1 aliphatic rings. The topological polar surface area (TPSA) is 84.8 Å². The van der Waals surface area contributed by atoms with Crippen LogP contribution in [0.3, 0.4) is 0 Å². The van der Waals surface area contributed by atoms with Gasteiger partial charge in [0.15, 0.2) is 5.71 Å². The van der Waals surface area contributed by atoms with Crippen molar-refractivity contribution in [3.05, 3.63) is 64.2 Å². The van der Waals surface area contributed by atoms with Gasteiger partial charge in [0.25, 0.3) is 11.7 Å². The molecule has 10 heteroatoms. The van der Waals surface area contributed by atoms with Gasteiger partial charge in [-0.3, -0.25) is 9.59 Å². The van der Waals surface area contributed by atoms with Crippen LogP contribution in [0.5, 0.6) is 0 Å². The maximum atomic E-state index is 12.9. The number of anilines is 1. The van der Waals surface area contributed by atoms with Gasteiger partial charge in [-0.15, -0.1) is 0 Å². The van der Waals surface area contributed by atoms with Crippen molar-refractivity contribution in [1.29, 1.82) is 0 Å². The van der Waals surface area contributed by atoms with Crippen LogP contribution in [0.4, 0.5) is 18.9 Å². The van der Waals surface area contributed by atoms with Crippen molar-refractivity contribution >= 4 is 40.7 Å². The largest absolute Gasteiger partial charge is 0.416 e. The Morgan fingerprint density at radius 3 is 2.41 bits per heavy atom. The van der Waals surface area contributed by atoms with E-state index in [1.165, 1.54) is 12.1 Å². The summed E-state index contributed by atoms with van der Waals surface area (Å²) in [5.41, 5.74) is -2.31. The van der Waals surface area contributed by atoms with Crippen LogP contribution in [-0.4, -0.2) is 23.4 Å². The van der Waals surface area contributed by atoms with Gasteiger partial charge in [0.1, 0.15) is 0 Å². The average Bonchev–Trinajstić information content (AvgIpc) is 2.62. The highest BCUT2D eigenvalue weighted by molar-refractivity contribution is 6.72. The van der Waals surface area contributed by atoms with Crippen LogP contribution in [0, 0.1) is 0 Å². The number of amides is 1. The second-order valence-electron chi connectivity index (χ2n) is 5.35. The van der Waals surface area contributed by atoms with Gasteiger partial charge in [-0.2, -0.15) is 13.2 Å². The number of carbonyl (C=O) groups is 3. The van der Waals surface area contributed by atoms with E-state index in [4.69, 9.17) is 11.6 Å². The number of halogens is 4. The zero-order valence-corrected chi connectivity index (χ0v) is 13.9. The lowest BCUT2D eigenvalue weighted by molar-refractivity contribution is -0.137. The van der Waals surface area contributed by atoms with E-state index in [0.29, 0.717) is 12.1 Å². The maximum Gasteiger partial charge on any atom is 0.416 e. The number of alkyl halides is 3. The van der Waals surface area contributed by atoms with Crippen LogP contribution in [-0.2, 0) is 20.6 Å². The molecule has 0 spiro atoms. The lowest BCUT2D eigenvalue weighted by Crippen LogP contribution is -2.37. The highest BCUT2D eigenvalue weighted by Crippen LogP contribution is 2.37. The molecule has 0 radical (unpaired) electrons. The highest BCUT2D eigenvalue weighted by atomic mass is 35.5. The third-order valence-corrected chi connectivity index (χ3v) is 3.85. The Morgan fingerprint density at radius 1 is 1.11 bits per heavy atom. The van der Waals surface area contributed by atoms with E-state index in [1.54, 1.807) is 18.2 Å². The molecule has 1 aliphatic heterocycles. The van der Waals surface area contributed by atoms with E-state index in [-0.39, 0.29) is 16.8 Å². The highest BCUT2D eigenvalue weighted by Gasteiger charge is 2.37. The summed E-state index contributed by atoms with van der Waals surface area (Å²) in [6.45, 7) is 0. The van der Waals surface area contributed by atoms with Gasteiger partial charge in [-0.25, -0.2) is 4.79 Å². The molecule has 0 unspecified atom stereocenters. The number of carbonyl (C=O) groups excluding carboxylic acids is 3. The molecule has 27 heavy (non-hydrogen) atoms. The zero-order chi connectivity index (χ0) is 19.8. The summed E-state index contributed by atoms with van der Waals surface area (Å²) in [6, 6.07) is 8.83. The SMILES string of the molecule is O=C1Nc2cc(C(F)(F)F)cc(Cl)c2C(=NOC(=O)c2ccccc2)C1=O. The number of fused-ring (bicyclic) bond motifs is 1. The lowest BCUT2D eigenvalue weighted by atomic mass is 9.97. The third kappa shape index (κ3) is 3.68. The number of rotatable bonds is 2. The third-order valence-electron chi connectivity index (χ3n) is 3.55. The summed E-state index contributed by atoms with van der Waals surface area (Å²) in [7, 11) is 0. The van der Waals surface area contributed by atoms with Crippen molar-refractivity contribution in [2.24, 2.45) is 5.16 Å². The number of benzene rings is 2. The Hall–Kier alpha value is -3.20. The fourth-order valence-electron chi connectivity index (χ4n) is 2.31. The molecule has 0 aromatic heterocycles. The van der Waals surface area contributed by atoms with Crippen LogP contribution in [0.25, 0.3) is 0 Å². The predicted octanol–water partition coefficient (Wildman–Crippen LogP) is 3.44. The molecule has 1 heterocycles. The molecule has 3 rings (SSSR count). The quantitative estimate of drug-likeness (QED) is 0.479. The molecule has 0 saturated carbocycles. The van der Waals surface area contributed by atoms with E-state index in [9.17, 15) is 27.6 Å². The Bertz CT molecular complexity index is 988. The molecule has 0 fully saturated rings. The molecule has 138 valence electrons.